The van der Waals surface area contributed by atoms with Gasteiger partial charge in [-0.25, -0.2) is 9.48 Å². The molecule has 1 heterocycles. The molecule has 0 atom stereocenters. The van der Waals surface area contributed by atoms with Gasteiger partial charge in [0, 0.05) is 17.8 Å². The van der Waals surface area contributed by atoms with Crippen LogP contribution in [0.25, 0.3) is 11.0 Å². The van der Waals surface area contributed by atoms with Crippen LogP contribution in [-0.4, -0.2) is 26.9 Å². The van der Waals surface area contributed by atoms with Crippen molar-refractivity contribution in [2.45, 2.75) is 20.1 Å². The maximum atomic E-state index is 12.4. The van der Waals surface area contributed by atoms with E-state index in [2.05, 4.69) is 15.6 Å². The largest absolute Gasteiger partial charge is 0.457 e. The summed E-state index contributed by atoms with van der Waals surface area (Å²) in [6.07, 6.45) is 0. The zero-order valence-corrected chi connectivity index (χ0v) is 16.4. The average Bonchev–Trinajstić information content (AvgIpc) is 3.21. The summed E-state index contributed by atoms with van der Waals surface area (Å²) >= 11 is 0. The second-order valence-electron chi connectivity index (χ2n) is 6.70. The Morgan fingerprint density at radius 2 is 1.70 bits per heavy atom. The number of carbonyl (C=O) groups excluding carboxylic acids is 2. The van der Waals surface area contributed by atoms with Crippen molar-refractivity contribution in [3.05, 3.63) is 89.5 Å². The van der Waals surface area contributed by atoms with Gasteiger partial charge < -0.3 is 10.1 Å². The number of ether oxygens (including phenoxy) is 1. The lowest BCUT2D eigenvalue weighted by atomic mass is 10.1. The molecule has 4 rings (SSSR count). The second-order valence-corrected chi connectivity index (χ2v) is 6.70. The molecule has 1 aromatic heterocycles. The molecule has 1 amide bonds. The van der Waals surface area contributed by atoms with Crippen LogP contribution < -0.4 is 5.32 Å². The number of hydrogen-bond donors (Lipinski definition) is 1. The van der Waals surface area contributed by atoms with E-state index in [9.17, 15) is 9.59 Å². The number of hydrogen-bond acceptors (Lipinski definition) is 5. The molecule has 0 unspecified atom stereocenters. The topological polar surface area (TPSA) is 86.1 Å². The maximum Gasteiger partial charge on any atom is 0.338 e. The fourth-order valence-corrected chi connectivity index (χ4v) is 3.04. The van der Waals surface area contributed by atoms with Gasteiger partial charge in [-0.3, -0.25) is 4.79 Å². The average molecular weight is 400 g/mol. The van der Waals surface area contributed by atoms with E-state index in [-0.39, 0.29) is 12.5 Å². The summed E-state index contributed by atoms with van der Waals surface area (Å²) < 4.78 is 7.16. The minimum absolute atomic E-state index is 0.110. The standard InChI is InChI=1S/C23H20N4O3/c1-2-27-21-13-12-18(14-20(21)25-26-27)23(29)30-15-16-8-10-17(11-9-16)22(28)24-19-6-4-3-5-7-19/h3-14H,2,15H2,1H3,(H,24,28). The van der Waals surface area contributed by atoms with E-state index in [0.717, 1.165) is 16.8 Å². The molecular formula is C23H20N4O3. The van der Waals surface area contributed by atoms with E-state index >= 15 is 0 Å². The summed E-state index contributed by atoms with van der Waals surface area (Å²) in [5.41, 5.74) is 4.00. The van der Waals surface area contributed by atoms with E-state index < -0.39 is 5.97 Å². The minimum atomic E-state index is -0.436. The van der Waals surface area contributed by atoms with E-state index in [4.69, 9.17) is 4.74 Å². The molecule has 0 aliphatic rings. The summed E-state index contributed by atoms with van der Waals surface area (Å²) in [4.78, 5) is 24.7. The zero-order valence-electron chi connectivity index (χ0n) is 16.4. The first-order valence-corrected chi connectivity index (χ1v) is 9.60. The molecule has 0 fully saturated rings. The number of aromatic nitrogens is 3. The Hall–Kier alpha value is -4.00. The maximum absolute atomic E-state index is 12.4. The van der Waals surface area contributed by atoms with Gasteiger partial charge in [0.15, 0.2) is 0 Å². The number of anilines is 1. The molecule has 7 heteroatoms. The predicted molar refractivity (Wildman–Crippen MR) is 113 cm³/mol. The predicted octanol–water partition coefficient (Wildman–Crippen LogP) is 4.06. The Balaban J connectivity index is 1.36. The first-order chi connectivity index (χ1) is 14.6. The summed E-state index contributed by atoms with van der Waals surface area (Å²) in [5, 5.41) is 10.9. The Morgan fingerprint density at radius 3 is 2.43 bits per heavy atom. The van der Waals surface area contributed by atoms with Crippen LogP contribution >= 0.6 is 0 Å². The van der Waals surface area contributed by atoms with Crippen LogP contribution in [0.3, 0.4) is 0 Å². The van der Waals surface area contributed by atoms with Crippen LogP contribution in [0.15, 0.2) is 72.8 Å². The quantitative estimate of drug-likeness (QED) is 0.493. The van der Waals surface area contributed by atoms with Gasteiger partial charge in [-0.05, 0) is 55.0 Å². The third-order valence-electron chi connectivity index (χ3n) is 4.67. The van der Waals surface area contributed by atoms with Crippen molar-refractivity contribution in [3.63, 3.8) is 0 Å². The van der Waals surface area contributed by atoms with Crippen LogP contribution in [0.1, 0.15) is 33.2 Å². The lowest BCUT2D eigenvalue weighted by molar-refractivity contribution is 0.0472. The number of amides is 1. The Kier molecular flexibility index (Phi) is 5.52. The molecule has 0 radical (unpaired) electrons. The van der Waals surface area contributed by atoms with Gasteiger partial charge in [0.25, 0.3) is 5.91 Å². The molecule has 30 heavy (non-hydrogen) atoms. The van der Waals surface area contributed by atoms with Crippen LogP contribution in [0.5, 0.6) is 0 Å². The molecule has 0 aliphatic heterocycles. The summed E-state index contributed by atoms with van der Waals surface area (Å²) in [6.45, 7) is 2.80. The Bertz CT molecular complexity index is 1180. The van der Waals surface area contributed by atoms with Gasteiger partial charge in [0.05, 0.1) is 11.1 Å². The number of esters is 1. The number of para-hydroxylation sites is 1. The van der Waals surface area contributed by atoms with Gasteiger partial charge in [-0.1, -0.05) is 35.5 Å². The van der Waals surface area contributed by atoms with Crippen molar-refractivity contribution in [2.75, 3.05) is 5.32 Å². The highest BCUT2D eigenvalue weighted by Crippen LogP contribution is 2.15. The van der Waals surface area contributed by atoms with E-state index in [0.29, 0.717) is 23.2 Å². The molecule has 0 spiro atoms. The highest BCUT2D eigenvalue weighted by molar-refractivity contribution is 6.04. The fourth-order valence-electron chi connectivity index (χ4n) is 3.04. The molecule has 4 aromatic rings. The van der Waals surface area contributed by atoms with Crippen LogP contribution in [0.4, 0.5) is 5.69 Å². The van der Waals surface area contributed by atoms with Crippen molar-refractivity contribution < 1.29 is 14.3 Å². The normalized spacial score (nSPS) is 10.7. The van der Waals surface area contributed by atoms with Crippen molar-refractivity contribution >= 4 is 28.6 Å². The molecule has 0 saturated carbocycles. The Labute approximate surface area is 173 Å². The van der Waals surface area contributed by atoms with Crippen LogP contribution in [0.2, 0.25) is 0 Å². The van der Waals surface area contributed by atoms with Gasteiger partial charge >= 0.3 is 5.97 Å². The smallest absolute Gasteiger partial charge is 0.338 e. The van der Waals surface area contributed by atoms with E-state index in [1.54, 1.807) is 41.1 Å². The minimum Gasteiger partial charge on any atom is -0.457 e. The zero-order chi connectivity index (χ0) is 20.9. The van der Waals surface area contributed by atoms with Crippen LogP contribution in [0, 0.1) is 0 Å². The third kappa shape index (κ3) is 4.20. The number of benzene rings is 3. The fraction of sp³-hybridized carbons (Fsp3) is 0.130. The number of aryl methyl sites for hydroxylation is 1. The molecule has 3 aromatic carbocycles. The first-order valence-electron chi connectivity index (χ1n) is 9.60. The van der Waals surface area contributed by atoms with Crippen molar-refractivity contribution in [1.29, 1.82) is 0 Å². The highest BCUT2D eigenvalue weighted by atomic mass is 16.5. The van der Waals surface area contributed by atoms with Crippen molar-refractivity contribution in [3.8, 4) is 0 Å². The number of nitrogens with zero attached hydrogens (tertiary/aromatic N) is 3. The Morgan fingerprint density at radius 1 is 0.967 bits per heavy atom. The number of carbonyl (C=O) groups is 2. The number of fused-ring (bicyclic) bond motifs is 1. The van der Waals surface area contributed by atoms with Gasteiger partial charge in [0.1, 0.15) is 12.1 Å². The molecule has 0 bridgehead atoms. The first kappa shape index (κ1) is 19.3. The second kappa shape index (κ2) is 8.57. The lowest BCUT2D eigenvalue weighted by Gasteiger charge is -2.07. The van der Waals surface area contributed by atoms with Gasteiger partial charge in [-0.2, -0.15) is 0 Å². The van der Waals surface area contributed by atoms with Gasteiger partial charge in [0.2, 0.25) is 0 Å². The number of rotatable bonds is 6. The van der Waals surface area contributed by atoms with E-state index in [1.165, 1.54) is 0 Å². The summed E-state index contributed by atoms with van der Waals surface area (Å²) in [6, 6.07) is 21.4. The molecule has 150 valence electrons. The van der Waals surface area contributed by atoms with Crippen molar-refractivity contribution in [1.82, 2.24) is 15.0 Å². The molecule has 0 aliphatic carbocycles. The van der Waals surface area contributed by atoms with Crippen LogP contribution in [-0.2, 0) is 17.9 Å². The van der Waals surface area contributed by atoms with E-state index in [1.807, 2.05) is 43.3 Å². The molecule has 7 nitrogen and oxygen atoms in total. The van der Waals surface area contributed by atoms with Gasteiger partial charge in [-0.15, -0.1) is 5.10 Å². The highest BCUT2D eigenvalue weighted by Gasteiger charge is 2.12. The summed E-state index contributed by atoms with van der Waals surface area (Å²) in [7, 11) is 0. The summed E-state index contributed by atoms with van der Waals surface area (Å²) in [5.74, 6) is -0.632. The molecule has 0 saturated heterocycles. The SMILES string of the molecule is CCn1nnc2cc(C(=O)OCc3ccc(C(=O)Nc4ccccc4)cc3)ccc21. The third-order valence-corrected chi connectivity index (χ3v) is 4.67. The molecular weight excluding hydrogens is 380 g/mol. The molecule has 1 N–H and O–H groups in total. The number of nitrogens with one attached hydrogen (secondary N) is 1. The monoisotopic (exact) mass is 400 g/mol. The van der Waals surface area contributed by atoms with Crippen molar-refractivity contribution in [2.24, 2.45) is 0 Å². The lowest BCUT2D eigenvalue weighted by Crippen LogP contribution is -2.12.